The normalized spacial score (nSPS) is 12.6. The number of carbonyl (C=O) groups excluding carboxylic acids is 3. The van der Waals surface area contributed by atoms with Crippen molar-refractivity contribution in [2.45, 2.75) is 264 Å². The van der Waals surface area contributed by atoms with Gasteiger partial charge in [-0.1, -0.05) is 203 Å². The van der Waals surface area contributed by atoms with Crippen LogP contribution in [-0.2, 0) is 28.6 Å². The molecule has 0 aliphatic heterocycles. The van der Waals surface area contributed by atoms with Gasteiger partial charge in [0, 0.05) is 19.3 Å². The zero-order chi connectivity index (χ0) is 46.5. The Morgan fingerprint density at radius 3 is 1.00 bits per heavy atom. The molecule has 6 heteroatoms. The summed E-state index contributed by atoms with van der Waals surface area (Å²) in [5, 5.41) is 0. The lowest BCUT2D eigenvalue weighted by molar-refractivity contribution is -0.167. The summed E-state index contributed by atoms with van der Waals surface area (Å²) in [6.45, 7) is 6.47. The van der Waals surface area contributed by atoms with Crippen LogP contribution in [-0.4, -0.2) is 37.2 Å². The summed E-state index contributed by atoms with van der Waals surface area (Å²) < 4.78 is 16.8. The molecule has 0 saturated heterocycles. The second-order valence-electron chi connectivity index (χ2n) is 17.7. The maximum atomic E-state index is 12.8. The zero-order valence-electron chi connectivity index (χ0n) is 42.0. The Balaban J connectivity index is 4.43. The van der Waals surface area contributed by atoms with E-state index < -0.39 is 6.10 Å². The molecule has 368 valence electrons. The molecule has 0 aliphatic carbocycles. The van der Waals surface area contributed by atoms with Crippen LogP contribution in [0.2, 0.25) is 0 Å². The van der Waals surface area contributed by atoms with Gasteiger partial charge in [0.05, 0.1) is 0 Å². The van der Waals surface area contributed by atoms with Crippen molar-refractivity contribution in [3.05, 3.63) is 72.9 Å². The van der Waals surface area contributed by atoms with E-state index in [0.29, 0.717) is 19.3 Å². The van der Waals surface area contributed by atoms with E-state index in [1.165, 1.54) is 103 Å². The molecule has 0 heterocycles. The average molecular weight is 893 g/mol. The number of allylic oxidation sites excluding steroid dienone is 12. The molecule has 0 aromatic heterocycles. The van der Waals surface area contributed by atoms with Gasteiger partial charge in [-0.15, -0.1) is 0 Å². The van der Waals surface area contributed by atoms with Crippen LogP contribution in [0.3, 0.4) is 0 Å². The van der Waals surface area contributed by atoms with Crippen LogP contribution in [0.5, 0.6) is 0 Å². The van der Waals surface area contributed by atoms with Gasteiger partial charge in [-0.25, -0.2) is 0 Å². The minimum Gasteiger partial charge on any atom is -0.462 e. The smallest absolute Gasteiger partial charge is 0.306 e. The van der Waals surface area contributed by atoms with E-state index in [9.17, 15) is 14.4 Å². The fourth-order valence-corrected chi connectivity index (χ4v) is 7.36. The van der Waals surface area contributed by atoms with Gasteiger partial charge in [0.15, 0.2) is 6.10 Å². The van der Waals surface area contributed by atoms with Gasteiger partial charge in [0.25, 0.3) is 0 Å². The molecule has 0 rings (SSSR count). The Labute approximate surface area is 395 Å². The summed E-state index contributed by atoms with van der Waals surface area (Å²) in [6.07, 6.45) is 65.9. The third-order valence-electron chi connectivity index (χ3n) is 11.4. The van der Waals surface area contributed by atoms with Crippen LogP contribution in [0, 0.1) is 0 Å². The lowest BCUT2D eigenvalue weighted by atomic mass is 10.1. The van der Waals surface area contributed by atoms with Gasteiger partial charge < -0.3 is 14.2 Å². The molecule has 0 aliphatic rings. The van der Waals surface area contributed by atoms with Crippen LogP contribution in [0.4, 0.5) is 0 Å². The quantitative estimate of drug-likeness (QED) is 0.0262. The van der Waals surface area contributed by atoms with Crippen molar-refractivity contribution in [1.29, 1.82) is 0 Å². The zero-order valence-corrected chi connectivity index (χ0v) is 42.0. The maximum Gasteiger partial charge on any atom is 0.306 e. The lowest BCUT2D eigenvalue weighted by Crippen LogP contribution is -2.30. The van der Waals surface area contributed by atoms with Crippen LogP contribution in [0.25, 0.3) is 0 Å². The third kappa shape index (κ3) is 49.9. The van der Waals surface area contributed by atoms with E-state index in [2.05, 4.69) is 93.7 Å². The summed E-state index contributed by atoms with van der Waals surface area (Å²) in [5.74, 6) is -0.918. The van der Waals surface area contributed by atoms with Crippen LogP contribution >= 0.6 is 0 Å². The van der Waals surface area contributed by atoms with E-state index in [1.807, 2.05) is 0 Å². The van der Waals surface area contributed by atoms with Gasteiger partial charge in [0.2, 0.25) is 0 Å². The first-order chi connectivity index (χ1) is 31.5. The number of hydrogen-bond donors (Lipinski definition) is 0. The van der Waals surface area contributed by atoms with Gasteiger partial charge in [-0.05, 0) is 109 Å². The molecule has 1 atom stereocenters. The van der Waals surface area contributed by atoms with E-state index in [1.54, 1.807) is 0 Å². The van der Waals surface area contributed by atoms with Crippen molar-refractivity contribution in [3.63, 3.8) is 0 Å². The molecule has 0 bridgehead atoms. The van der Waals surface area contributed by atoms with E-state index >= 15 is 0 Å². The highest BCUT2D eigenvalue weighted by Crippen LogP contribution is 2.14. The van der Waals surface area contributed by atoms with Crippen molar-refractivity contribution >= 4 is 17.9 Å². The number of unbranched alkanes of at least 4 members (excludes halogenated alkanes) is 25. The highest BCUT2D eigenvalue weighted by molar-refractivity contribution is 5.71. The molecule has 0 aromatic rings. The van der Waals surface area contributed by atoms with Gasteiger partial charge >= 0.3 is 17.9 Å². The first-order valence-electron chi connectivity index (χ1n) is 26.9. The lowest BCUT2D eigenvalue weighted by Gasteiger charge is -2.18. The van der Waals surface area contributed by atoms with E-state index in [0.717, 1.165) is 116 Å². The van der Waals surface area contributed by atoms with Crippen LogP contribution < -0.4 is 0 Å². The third-order valence-corrected chi connectivity index (χ3v) is 11.4. The molecule has 0 amide bonds. The maximum absolute atomic E-state index is 12.8. The average Bonchev–Trinajstić information content (AvgIpc) is 3.29. The number of carbonyl (C=O) groups is 3. The molecule has 6 nitrogen and oxygen atoms in total. The highest BCUT2D eigenvalue weighted by Gasteiger charge is 2.19. The second-order valence-corrected chi connectivity index (χ2v) is 17.7. The summed E-state index contributed by atoms with van der Waals surface area (Å²) in [7, 11) is 0. The topological polar surface area (TPSA) is 78.9 Å². The van der Waals surface area contributed by atoms with Gasteiger partial charge in [0.1, 0.15) is 13.2 Å². The monoisotopic (exact) mass is 893 g/mol. The molecule has 0 radical (unpaired) electrons. The predicted octanol–water partition coefficient (Wildman–Crippen LogP) is 17.8. The molecule has 1 unspecified atom stereocenters. The molecule has 0 fully saturated rings. The first-order valence-corrected chi connectivity index (χ1v) is 26.9. The van der Waals surface area contributed by atoms with Crippen LogP contribution in [0.1, 0.15) is 258 Å². The van der Waals surface area contributed by atoms with Crippen molar-refractivity contribution < 1.29 is 28.6 Å². The predicted molar refractivity (Wildman–Crippen MR) is 274 cm³/mol. The second kappa shape index (κ2) is 52.5. The van der Waals surface area contributed by atoms with Gasteiger partial charge in [-0.2, -0.15) is 0 Å². The summed E-state index contributed by atoms with van der Waals surface area (Å²) in [5.41, 5.74) is 0. The standard InChI is InChI=1S/C58H100O6/c1-4-7-10-13-16-19-22-25-28-29-31-33-36-39-42-45-48-51-57(60)63-54-55(53-62-56(59)50-47-44-41-38-35-32-27-24-21-18-15-12-9-6-3)64-58(61)52-49-46-43-40-37-34-30-26-23-20-17-14-11-8-5-2/h8,11,16-17,19-20,24-28,30,55H,4-7,9-10,12-15,18,21-23,29,31-54H2,1-3H3/b11-8-,19-16-,20-17-,27-24-,28-25-,30-26-. The van der Waals surface area contributed by atoms with Crippen molar-refractivity contribution in [3.8, 4) is 0 Å². The first kappa shape index (κ1) is 60.9. The largest absolute Gasteiger partial charge is 0.462 e. The summed E-state index contributed by atoms with van der Waals surface area (Å²) in [4.78, 5) is 38.0. The fraction of sp³-hybridized carbons (Fsp3) is 0.741. The number of ether oxygens (including phenoxy) is 3. The number of rotatable bonds is 48. The summed E-state index contributed by atoms with van der Waals surface area (Å²) in [6, 6.07) is 0. The molecule has 64 heavy (non-hydrogen) atoms. The van der Waals surface area contributed by atoms with E-state index in [4.69, 9.17) is 14.2 Å². The van der Waals surface area contributed by atoms with E-state index in [-0.39, 0.29) is 31.1 Å². The Bertz CT molecular complexity index is 1210. The van der Waals surface area contributed by atoms with Gasteiger partial charge in [-0.3, -0.25) is 14.4 Å². The van der Waals surface area contributed by atoms with Crippen molar-refractivity contribution in [2.75, 3.05) is 13.2 Å². The Morgan fingerprint density at radius 2 is 0.609 bits per heavy atom. The van der Waals surface area contributed by atoms with Crippen LogP contribution in [0.15, 0.2) is 72.9 Å². The molecular formula is C58H100O6. The minimum absolute atomic E-state index is 0.0892. The SMILES string of the molecule is CC/C=C\C/C=C\C/C=C\CCCCCCCC(=O)OC(COC(=O)CCCCCCC/C=C\CCCCCCC)COC(=O)CCCCCCCCC/C=C\C/C=C\CCCCC. The molecule has 0 N–H and O–H groups in total. The summed E-state index contributed by atoms with van der Waals surface area (Å²) >= 11 is 0. The minimum atomic E-state index is -0.791. The number of esters is 3. The Kier molecular flexibility index (Phi) is 49.9. The Morgan fingerprint density at radius 1 is 0.328 bits per heavy atom. The highest BCUT2D eigenvalue weighted by atomic mass is 16.6. The Hall–Kier alpha value is -3.15. The van der Waals surface area contributed by atoms with Crippen molar-refractivity contribution in [1.82, 2.24) is 0 Å². The molecule has 0 spiro atoms. The molecular weight excluding hydrogens is 793 g/mol. The molecule has 0 aromatic carbocycles. The van der Waals surface area contributed by atoms with Crippen molar-refractivity contribution in [2.24, 2.45) is 0 Å². The fourth-order valence-electron chi connectivity index (χ4n) is 7.36. The molecule has 0 saturated carbocycles. The number of hydrogen-bond acceptors (Lipinski definition) is 6.